The van der Waals surface area contributed by atoms with Gasteiger partial charge in [0.1, 0.15) is 23.4 Å². The average Bonchev–Trinajstić information content (AvgIpc) is 3.17. The Bertz CT molecular complexity index is 1220. The van der Waals surface area contributed by atoms with Crippen molar-refractivity contribution in [2.45, 2.75) is 32.0 Å². The second-order valence-electron chi connectivity index (χ2n) is 7.77. The molecule has 2 atom stereocenters. The molecule has 0 radical (unpaired) electrons. The van der Waals surface area contributed by atoms with Gasteiger partial charge in [0.15, 0.2) is 0 Å². The summed E-state index contributed by atoms with van der Waals surface area (Å²) < 4.78 is 20.8. The Morgan fingerprint density at radius 3 is 2.73 bits per heavy atom. The molecule has 0 saturated carbocycles. The molecule has 1 fully saturated rings. The average molecular weight is 449 g/mol. The molecule has 2 unspecified atom stereocenters. The van der Waals surface area contributed by atoms with Crippen LogP contribution in [0.3, 0.4) is 0 Å². The molecule has 170 valence electrons. The lowest BCUT2D eigenvalue weighted by Gasteiger charge is -2.23. The number of anilines is 1. The fraction of sp³-hybridized carbons (Fsp3) is 0.250. The van der Waals surface area contributed by atoms with Crippen LogP contribution in [-0.2, 0) is 9.53 Å². The summed E-state index contributed by atoms with van der Waals surface area (Å²) in [5, 5.41) is 12.8. The van der Waals surface area contributed by atoms with Crippen LogP contribution in [0.2, 0.25) is 0 Å². The number of carbonyl (C=O) groups is 1. The molecule has 3 heterocycles. The predicted octanol–water partition coefficient (Wildman–Crippen LogP) is 3.76. The van der Waals surface area contributed by atoms with Crippen molar-refractivity contribution in [3.63, 3.8) is 0 Å². The van der Waals surface area contributed by atoms with E-state index in [0.717, 1.165) is 0 Å². The van der Waals surface area contributed by atoms with Crippen LogP contribution in [0.15, 0.2) is 49.2 Å². The highest BCUT2D eigenvalue weighted by Crippen LogP contribution is 2.34. The fourth-order valence-electron chi connectivity index (χ4n) is 3.66. The molecule has 3 aromatic rings. The molecule has 0 spiro atoms. The zero-order valence-electron chi connectivity index (χ0n) is 18.3. The van der Waals surface area contributed by atoms with Gasteiger partial charge in [0.05, 0.1) is 23.9 Å². The lowest BCUT2D eigenvalue weighted by molar-refractivity contribution is -0.156. The number of ether oxygens (including phenoxy) is 1. The molecule has 1 aromatic carbocycles. The van der Waals surface area contributed by atoms with Crippen LogP contribution in [0, 0.1) is 5.82 Å². The normalized spacial score (nSPS) is 18.4. The number of benzene rings is 1. The number of cyclic esters (lactones) is 1. The molecule has 4 rings (SSSR count). The summed E-state index contributed by atoms with van der Waals surface area (Å²) in [7, 11) is 1.72. The summed E-state index contributed by atoms with van der Waals surface area (Å²) in [6.07, 6.45) is 4.01. The first-order valence-corrected chi connectivity index (χ1v) is 10.5. The number of imidazole rings is 1. The monoisotopic (exact) mass is 449 g/mol. The number of nitrogens with one attached hydrogen (secondary N) is 1. The van der Waals surface area contributed by atoms with Crippen molar-refractivity contribution >= 4 is 23.7 Å². The maximum absolute atomic E-state index is 13.7. The van der Waals surface area contributed by atoms with Crippen molar-refractivity contribution in [2.75, 3.05) is 12.4 Å². The van der Waals surface area contributed by atoms with Crippen LogP contribution in [0.4, 0.5) is 10.3 Å². The predicted molar refractivity (Wildman–Crippen MR) is 123 cm³/mol. The Morgan fingerprint density at radius 2 is 2.06 bits per heavy atom. The van der Waals surface area contributed by atoms with Crippen molar-refractivity contribution in [2.24, 2.45) is 0 Å². The number of nitrogens with zero attached hydrogens (tertiary/aromatic N) is 4. The smallest absolute Gasteiger partial charge is 0.309 e. The molecule has 0 bridgehead atoms. The number of hydrogen-bond acceptors (Lipinski definition) is 7. The van der Waals surface area contributed by atoms with Gasteiger partial charge in [-0.2, -0.15) is 0 Å². The maximum Gasteiger partial charge on any atom is 0.309 e. The van der Waals surface area contributed by atoms with E-state index in [1.807, 2.05) is 6.92 Å². The highest BCUT2D eigenvalue weighted by molar-refractivity contribution is 5.82. The van der Waals surface area contributed by atoms with E-state index in [4.69, 9.17) is 9.72 Å². The molecule has 2 N–H and O–H groups in total. The van der Waals surface area contributed by atoms with Crippen LogP contribution < -0.4 is 5.32 Å². The third kappa shape index (κ3) is 4.83. The second-order valence-corrected chi connectivity index (χ2v) is 7.77. The van der Waals surface area contributed by atoms with E-state index in [1.54, 1.807) is 48.3 Å². The Labute approximate surface area is 190 Å². The van der Waals surface area contributed by atoms with Crippen LogP contribution in [0.5, 0.6) is 0 Å². The first-order chi connectivity index (χ1) is 15.9. The number of carbonyl (C=O) groups excluding carboxylic acids is 1. The Balaban J connectivity index is 1.89. The first-order valence-electron chi connectivity index (χ1n) is 10.5. The van der Waals surface area contributed by atoms with Crippen LogP contribution >= 0.6 is 0 Å². The molecular weight excluding hydrogens is 425 g/mol. The van der Waals surface area contributed by atoms with E-state index >= 15 is 0 Å². The van der Waals surface area contributed by atoms with Gasteiger partial charge in [0.25, 0.3) is 0 Å². The fourth-order valence-corrected chi connectivity index (χ4v) is 3.66. The van der Waals surface area contributed by atoms with Gasteiger partial charge in [-0.05, 0) is 48.9 Å². The third-order valence-corrected chi connectivity index (χ3v) is 5.17. The Hall–Kier alpha value is -3.85. The van der Waals surface area contributed by atoms with E-state index in [9.17, 15) is 14.3 Å². The Morgan fingerprint density at radius 1 is 1.30 bits per heavy atom. The number of allylic oxidation sites excluding steroid dienone is 1. The summed E-state index contributed by atoms with van der Waals surface area (Å²) in [5.74, 6) is 0.189. The van der Waals surface area contributed by atoms with Crippen molar-refractivity contribution in [3.05, 3.63) is 60.8 Å². The van der Waals surface area contributed by atoms with Crippen LogP contribution in [0.25, 0.3) is 34.4 Å². The standard InChI is InChI=1S/C24H24FN5O3/c1-14(2)23-29-21(19-8-10-27-24(26-3)28-19)22(15-4-6-16(25)7-5-15)30(23)11-9-18-12-17(31)13-20(32)33-18/h4-11,17-18,31H,1,12-13H2,2-3H3,(H,26,27,28)/b11-9+. The van der Waals surface area contributed by atoms with E-state index in [1.165, 1.54) is 12.1 Å². The zero-order chi connectivity index (χ0) is 23.5. The number of aromatic nitrogens is 4. The molecule has 0 amide bonds. The van der Waals surface area contributed by atoms with E-state index in [2.05, 4.69) is 21.9 Å². The minimum atomic E-state index is -0.752. The number of hydrogen-bond donors (Lipinski definition) is 2. The topological polar surface area (TPSA) is 102 Å². The van der Waals surface area contributed by atoms with Crippen molar-refractivity contribution in [1.82, 2.24) is 19.5 Å². The number of aliphatic hydroxyl groups excluding tert-OH is 1. The first kappa shape index (κ1) is 22.3. The molecule has 2 aromatic heterocycles. The summed E-state index contributed by atoms with van der Waals surface area (Å²) in [6.45, 7) is 5.87. The highest BCUT2D eigenvalue weighted by atomic mass is 19.1. The number of aliphatic hydroxyl groups is 1. The lowest BCUT2D eigenvalue weighted by atomic mass is 10.1. The summed E-state index contributed by atoms with van der Waals surface area (Å²) in [4.78, 5) is 25.2. The van der Waals surface area contributed by atoms with Gasteiger partial charge in [0.2, 0.25) is 5.95 Å². The Kier molecular flexibility index (Phi) is 6.32. The second kappa shape index (κ2) is 9.33. The third-order valence-electron chi connectivity index (χ3n) is 5.17. The molecule has 1 aliphatic heterocycles. The number of halogens is 1. The minimum Gasteiger partial charge on any atom is -0.458 e. The molecule has 8 nitrogen and oxygen atoms in total. The molecule has 0 aliphatic carbocycles. The quantitative estimate of drug-likeness (QED) is 0.553. The van der Waals surface area contributed by atoms with Gasteiger partial charge in [-0.25, -0.2) is 19.3 Å². The van der Waals surface area contributed by atoms with E-state index in [0.29, 0.717) is 46.4 Å². The molecular formula is C24H24FN5O3. The summed E-state index contributed by atoms with van der Waals surface area (Å²) >= 11 is 0. The van der Waals surface area contributed by atoms with Gasteiger partial charge in [-0.15, -0.1) is 0 Å². The van der Waals surface area contributed by atoms with Crippen molar-refractivity contribution in [3.8, 4) is 22.6 Å². The number of rotatable bonds is 6. The zero-order valence-corrected chi connectivity index (χ0v) is 18.3. The largest absolute Gasteiger partial charge is 0.458 e. The lowest BCUT2D eigenvalue weighted by Crippen LogP contribution is -2.31. The minimum absolute atomic E-state index is 0.0150. The molecule has 9 heteroatoms. The maximum atomic E-state index is 13.7. The van der Waals surface area contributed by atoms with Gasteiger partial charge in [-0.3, -0.25) is 9.36 Å². The van der Waals surface area contributed by atoms with Gasteiger partial charge in [0, 0.05) is 31.4 Å². The SMILES string of the molecule is C=C(C)c1nc(-c2ccnc(NC)n2)c(-c2ccc(F)cc2)n1/C=C/C1CC(O)CC(=O)O1. The van der Waals surface area contributed by atoms with Gasteiger partial charge < -0.3 is 15.2 Å². The van der Waals surface area contributed by atoms with Gasteiger partial charge >= 0.3 is 5.97 Å². The van der Waals surface area contributed by atoms with Gasteiger partial charge in [-0.1, -0.05) is 6.58 Å². The molecule has 1 aliphatic rings. The number of esters is 1. The molecule has 1 saturated heterocycles. The highest BCUT2D eigenvalue weighted by Gasteiger charge is 2.26. The van der Waals surface area contributed by atoms with E-state index in [-0.39, 0.29) is 12.2 Å². The summed E-state index contributed by atoms with van der Waals surface area (Å²) in [5.41, 5.74) is 3.19. The summed E-state index contributed by atoms with van der Waals surface area (Å²) in [6, 6.07) is 7.81. The van der Waals surface area contributed by atoms with Crippen molar-refractivity contribution in [1.29, 1.82) is 0 Å². The van der Waals surface area contributed by atoms with Crippen LogP contribution in [0.1, 0.15) is 25.6 Å². The van der Waals surface area contributed by atoms with E-state index < -0.39 is 18.2 Å². The van der Waals surface area contributed by atoms with Crippen molar-refractivity contribution < 1.29 is 19.0 Å². The van der Waals surface area contributed by atoms with Crippen LogP contribution in [-0.4, -0.2) is 49.9 Å². The molecule has 33 heavy (non-hydrogen) atoms.